The van der Waals surface area contributed by atoms with Crippen molar-refractivity contribution in [3.63, 3.8) is 0 Å². The molecule has 2 amide bonds. The van der Waals surface area contributed by atoms with Crippen LogP contribution in [-0.2, 0) is 14.3 Å². The van der Waals surface area contributed by atoms with Gasteiger partial charge in [0.25, 0.3) is 0 Å². The molecule has 1 aliphatic carbocycles. The van der Waals surface area contributed by atoms with Crippen molar-refractivity contribution in [2.45, 2.75) is 38.5 Å². The first-order chi connectivity index (χ1) is 12.1. The molecule has 0 bridgehead atoms. The number of carbonyl (C=O) groups excluding carboxylic acids is 2. The highest BCUT2D eigenvalue weighted by Gasteiger charge is 2.39. The summed E-state index contributed by atoms with van der Waals surface area (Å²) < 4.78 is 5.32. The monoisotopic (exact) mass is 364 g/mol. The Morgan fingerprint density at radius 1 is 1.16 bits per heavy atom. The van der Waals surface area contributed by atoms with Crippen LogP contribution in [0.3, 0.4) is 0 Å². The maximum Gasteiger partial charge on any atom is 0.224 e. The van der Waals surface area contributed by atoms with E-state index in [-0.39, 0.29) is 17.2 Å². The first-order valence-electron chi connectivity index (χ1n) is 8.97. The highest BCUT2D eigenvalue weighted by atomic mass is 35.5. The maximum absolute atomic E-state index is 12.7. The van der Waals surface area contributed by atoms with Gasteiger partial charge >= 0.3 is 0 Å². The summed E-state index contributed by atoms with van der Waals surface area (Å²) in [5.74, 6) is 0.111. The summed E-state index contributed by atoms with van der Waals surface area (Å²) in [6.45, 7) is 2.52. The fourth-order valence-corrected chi connectivity index (χ4v) is 4.09. The highest BCUT2D eigenvalue weighted by Crippen LogP contribution is 2.44. The molecule has 0 atom stereocenters. The van der Waals surface area contributed by atoms with Gasteiger partial charge in [0, 0.05) is 36.6 Å². The Bertz CT molecular complexity index is 623. The SMILES string of the molecule is O=C(CC1(CC(=O)N2CCOCC2)CCCC1)Nc1cccc(Cl)c1. The summed E-state index contributed by atoms with van der Waals surface area (Å²) in [6, 6.07) is 7.14. The Labute approximate surface area is 153 Å². The Hall–Kier alpha value is -1.59. The van der Waals surface area contributed by atoms with Crippen LogP contribution in [0.15, 0.2) is 24.3 Å². The van der Waals surface area contributed by atoms with Gasteiger partial charge in [0.1, 0.15) is 0 Å². The predicted octanol–water partition coefficient (Wildman–Crippen LogP) is 3.48. The summed E-state index contributed by atoms with van der Waals surface area (Å²) in [5, 5.41) is 3.51. The lowest BCUT2D eigenvalue weighted by Crippen LogP contribution is -2.43. The molecule has 1 aliphatic heterocycles. The van der Waals surface area contributed by atoms with E-state index in [4.69, 9.17) is 16.3 Å². The largest absolute Gasteiger partial charge is 0.378 e. The third kappa shape index (κ3) is 4.95. The summed E-state index contributed by atoms with van der Waals surface area (Å²) in [7, 11) is 0. The second-order valence-electron chi connectivity index (χ2n) is 7.11. The molecule has 1 saturated carbocycles. The van der Waals surface area contributed by atoms with Crippen molar-refractivity contribution in [2.24, 2.45) is 5.41 Å². The van der Waals surface area contributed by atoms with E-state index in [1.807, 2.05) is 17.0 Å². The number of carbonyl (C=O) groups is 2. The minimum absolute atomic E-state index is 0.0426. The second kappa shape index (κ2) is 8.19. The Kier molecular flexibility index (Phi) is 5.97. The molecule has 1 aromatic carbocycles. The average molecular weight is 365 g/mol. The number of nitrogens with zero attached hydrogens (tertiary/aromatic N) is 1. The van der Waals surface area contributed by atoms with Crippen LogP contribution in [-0.4, -0.2) is 43.0 Å². The Morgan fingerprint density at radius 3 is 2.56 bits per heavy atom. The van der Waals surface area contributed by atoms with Crippen LogP contribution in [0.25, 0.3) is 0 Å². The zero-order valence-electron chi connectivity index (χ0n) is 14.4. The van der Waals surface area contributed by atoms with Gasteiger partial charge in [-0.3, -0.25) is 9.59 Å². The summed E-state index contributed by atoms with van der Waals surface area (Å²) in [6.07, 6.45) is 4.88. The molecular formula is C19H25ClN2O3. The number of rotatable bonds is 5. The van der Waals surface area contributed by atoms with Crippen LogP contribution < -0.4 is 5.32 Å². The van der Waals surface area contributed by atoms with Crippen LogP contribution in [0.2, 0.25) is 5.02 Å². The fraction of sp³-hybridized carbons (Fsp3) is 0.579. The van der Waals surface area contributed by atoms with E-state index in [0.29, 0.717) is 49.9 Å². The third-order valence-electron chi connectivity index (χ3n) is 5.20. The smallest absolute Gasteiger partial charge is 0.224 e. The number of nitrogens with one attached hydrogen (secondary N) is 1. The zero-order chi connectivity index (χ0) is 17.7. The van der Waals surface area contributed by atoms with E-state index in [0.717, 1.165) is 25.7 Å². The first-order valence-corrected chi connectivity index (χ1v) is 9.35. The van der Waals surface area contributed by atoms with E-state index in [2.05, 4.69) is 5.32 Å². The fourth-order valence-electron chi connectivity index (χ4n) is 3.90. The number of anilines is 1. The van der Waals surface area contributed by atoms with Crippen LogP contribution in [0, 0.1) is 5.41 Å². The molecule has 0 radical (unpaired) electrons. The van der Waals surface area contributed by atoms with Gasteiger partial charge in [-0.05, 0) is 36.5 Å². The summed E-state index contributed by atoms with van der Waals surface area (Å²) in [4.78, 5) is 27.1. The number of morpholine rings is 1. The molecule has 3 rings (SSSR count). The number of hydrogen-bond acceptors (Lipinski definition) is 3. The van der Waals surface area contributed by atoms with Gasteiger partial charge in [0.15, 0.2) is 0 Å². The lowest BCUT2D eigenvalue weighted by atomic mass is 9.78. The Balaban J connectivity index is 1.61. The van der Waals surface area contributed by atoms with Crippen molar-refractivity contribution in [1.82, 2.24) is 4.90 Å². The minimum atomic E-state index is -0.210. The highest BCUT2D eigenvalue weighted by molar-refractivity contribution is 6.30. The molecule has 0 unspecified atom stereocenters. The molecule has 136 valence electrons. The quantitative estimate of drug-likeness (QED) is 0.870. The van der Waals surface area contributed by atoms with Crippen LogP contribution >= 0.6 is 11.6 Å². The van der Waals surface area contributed by atoms with Crippen molar-refractivity contribution in [3.05, 3.63) is 29.3 Å². The van der Waals surface area contributed by atoms with E-state index in [1.54, 1.807) is 12.1 Å². The van der Waals surface area contributed by atoms with Gasteiger partial charge in [-0.25, -0.2) is 0 Å². The van der Waals surface area contributed by atoms with Gasteiger partial charge in [0.05, 0.1) is 13.2 Å². The second-order valence-corrected chi connectivity index (χ2v) is 7.55. The normalized spacial score (nSPS) is 19.6. The van der Waals surface area contributed by atoms with Crippen LogP contribution in [0.1, 0.15) is 38.5 Å². The number of benzene rings is 1. The van der Waals surface area contributed by atoms with Gasteiger partial charge in [0.2, 0.25) is 11.8 Å². The number of hydrogen-bond donors (Lipinski definition) is 1. The first kappa shape index (κ1) is 18.2. The lowest BCUT2D eigenvalue weighted by molar-refractivity contribution is -0.138. The van der Waals surface area contributed by atoms with Gasteiger partial charge in [-0.2, -0.15) is 0 Å². The molecule has 1 heterocycles. The zero-order valence-corrected chi connectivity index (χ0v) is 15.2. The molecule has 2 aliphatic rings. The minimum Gasteiger partial charge on any atom is -0.378 e. The van der Waals surface area contributed by atoms with Crippen molar-refractivity contribution in [3.8, 4) is 0 Å². The number of halogens is 1. The van der Waals surface area contributed by atoms with Crippen molar-refractivity contribution in [1.29, 1.82) is 0 Å². The third-order valence-corrected chi connectivity index (χ3v) is 5.43. The van der Waals surface area contributed by atoms with Gasteiger partial charge in [-0.1, -0.05) is 30.5 Å². The molecule has 25 heavy (non-hydrogen) atoms. The molecular weight excluding hydrogens is 340 g/mol. The molecule has 0 spiro atoms. The van der Waals surface area contributed by atoms with Crippen molar-refractivity contribution < 1.29 is 14.3 Å². The van der Waals surface area contributed by atoms with Crippen molar-refractivity contribution in [2.75, 3.05) is 31.6 Å². The summed E-state index contributed by atoms with van der Waals surface area (Å²) >= 11 is 5.97. The van der Waals surface area contributed by atoms with Crippen molar-refractivity contribution >= 4 is 29.1 Å². The molecule has 0 aromatic heterocycles. The molecule has 1 N–H and O–H groups in total. The molecule has 1 saturated heterocycles. The predicted molar refractivity (Wildman–Crippen MR) is 97.6 cm³/mol. The Morgan fingerprint density at radius 2 is 1.88 bits per heavy atom. The average Bonchev–Trinajstić information content (AvgIpc) is 3.03. The standard InChI is InChI=1S/C19H25ClN2O3/c20-15-4-3-5-16(12-15)21-17(23)13-19(6-1-2-7-19)14-18(24)22-8-10-25-11-9-22/h3-5,12H,1-2,6-11,13-14H2,(H,21,23). The molecule has 1 aromatic rings. The van der Waals surface area contributed by atoms with E-state index < -0.39 is 0 Å². The topological polar surface area (TPSA) is 58.6 Å². The maximum atomic E-state index is 12.7. The van der Waals surface area contributed by atoms with E-state index in [1.165, 1.54) is 0 Å². The van der Waals surface area contributed by atoms with Crippen LogP contribution in [0.4, 0.5) is 5.69 Å². The number of ether oxygens (including phenoxy) is 1. The van der Waals surface area contributed by atoms with E-state index in [9.17, 15) is 9.59 Å². The molecule has 5 nitrogen and oxygen atoms in total. The lowest BCUT2D eigenvalue weighted by Gasteiger charge is -2.33. The number of amides is 2. The molecule has 2 fully saturated rings. The summed E-state index contributed by atoms with van der Waals surface area (Å²) in [5.41, 5.74) is 0.489. The van der Waals surface area contributed by atoms with Crippen LogP contribution in [0.5, 0.6) is 0 Å². The van der Waals surface area contributed by atoms with E-state index >= 15 is 0 Å². The van der Waals surface area contributed by atoms with Gasteiger partial charge < -0.3 is 15.0 Å². The van der Waals surface area contributed by atoms with Gasteiger partial charge in [-0.15, -0.1) is 0 Å². The molecule has 6 heteroatoms.